The number of hydrogen-bond acceptors (Lipinski definition) is 0. The van der Waals surface area contributed by atoms with Crippen molar-refractivity contribution in [3.8, 4) is 22.3 Å². The van der Waals surface area contributed by atoms with E-state index in [0.29, 0.717) is 29.0 Å². The van der Waals surface area contributed by atoms with Crippen LogP contribution in [0.4, 0.5) is 13.2 Å². The summed E-state index contributed by atoms with van der Waals surface area (Å²) in [6, 6.07) is 16.1. The van der Waals surface area contributed by atoms with E-state index in [0.717, 1.165) is 54.6 Å². The second-order valence-electron chi connectivity index (χ2n) is 13.6. The molecule has 0 bridgehead atoms. The van der Waals surface area contributed by atoms with Gasteiger partial charge in [0.15, 0.2) is 11.6 Å². The van der Waals surface area contributed by atoms with E-state index in [-0.39, 0.29) is 11.4 Å². The predicted molar refractivity (Wildman–Crippen MR) is 179 cm³/mol. The fraction of sp³-hybridized carbons (Fsp3) is 0.512. The molecule has 3 aromatic carbocycles. The molecule has 236 valence electrons. The average Bonchev–Trinajstić information content (AvgIpc) is 3.06. The number of benzene rings is 3. The maximum atomic E-state index is 15.4. The van der Waals surface area contributed by atoms with E-state index >= 15 is 4.39 Å². The van der Waals surface area contributed by atoms with E-state index in [1.807, 2.05) is 18.2 Å². The molecule has 0 radical (unpaired) electrons. The number of allylic oxidation sites excluding steroid dienone is 2. The molecular formula is C41H51F3. The molecule has 0 unspecified atom stereocenters. The first-order valence-electron chi connectivity index (χ1n) is 17.5. The summed E-state index contributed by atoms with van der Waals surface area (Å²) < 4.78 is 45.2. The normalized spacial score (nSPS) is 22.5. The molecule has 5 rings (SSSR count). The molecule has 0 N–H and O–H groups in total. The van der Waals surface area contributed by atoms with Gasteiger partial charge in [-0.3, -0.25) is 0 Å². The minimum Gasteiger partial charge on any atom is -0.206 e. The predicted octanol–water partition coefficient (Wildman–Crippen LogP) is 13.0. The highest BCUT2D eigenvalue weighted by molar-refractivity contribution is 5.71. The van der Waals surface area contributed by atoms with E-state index < -0.39 is 11.6 Å². The third-order valence-corrected chi connectivity index (χ3v) is 10.6. The van der Waals surface area contributed by atoms with E-state index in [9.17, 15) is 8.78 Å². The van der Waals surface area contributed by atoms with Crippen molar-refractivity contribution in [3.05, 3.63) is 95.3 Å². The SMILES string of the molecule is CCCC=CCc1ccc(-c2ccc(-c3ccc(C4CCC(C5CCC(CCCCC)CC5)CC4)cc3F)cc2)c(F)c1F. The van der Waals surface area contributed by atoms with Crippen LogP contribution in [0.5, 0.6) is 0 Å². The molecule has 44 heavy (non-hydrogen) atoms. The lowest BCUT2D eigenvalue weighted by Gasteiger charge is -2.38. The van der Waals surface area contributed by atoms with Crippen LogP contribution in [-0.2, 0) is 6.42 Å². The Bertz CT molecular complexity index is 1360. The Kier molecular flexibility index (Phi) is 11.8. The molecule has 3 heteroatoms. The number of halogens is 3. The zero-order chi connectivity index (χ0) is 30.9. The van der Waals surface area contributed by atoms with E-state index in [2.05, 4.69) is 19.9 Å². The van der Waals surface area contributed by atoms with Crippen molar-refractivity contribution in [1.82, 2.24) is 0 Å². The summed E-state index contributed by atoms with van der Waals surface area (Å²) in [5.74, 6) is 1.30. The van der Waals surface area contributed by atoms with Gasteiger partial charge in [-0.1, -0.05) is 119 Å². The summed E-state index contributed by atoms with van der Waals surface area (Å²) >= 11 is 0. The maximum absolute atomic E-state index is 15.4. The largest absolute Gasteiger partial charge is 0.206 e. The lowest BCUT2D eigenvalue weighted by Crippen LogP contribution is -2.25. The van der Waals surface area contributed by atoms with Gasteiger partial charge < -0.3 is 0 Å². The van der Waals surface area contributed by atoms with E-state index in [1.165, 1.54) is 64.2 Å². The maximum Gasteiger partial charge on any atom is 0.166 e. The summed E-state index contributed by atoms with van der Waals surface area (Å²) in [6.45, 7) is 4.37. The quantitative estimate of drug-likeness (QED) is 0.143. The van der Waals surface area contributed by atoms with Crippen molar-refractivity contribution in [1.29, 1.82) is 0 Å². The topological polar surface area (TPSA) is 0 Å². The van der Waals surface area contributed by atoms with Crippen molar-refractivity contribution < 1.29 is 13.2 Å². The Hall–Kier alpha value is -2.81. The van der Waals surface area contributed by atoms with Crippen molar-refractivity contribution in [2.75, 3.05) is 0 Å². The average molecular weight is 601 g/mol. The lowest BCUT2D eigenvalue weighted by atomic mass is 9.68. The molecule has 0 atom stereocenters. The van der Waals surface area contributed by atoms with Gasteiger partial charge in [-0.05, 0) is 103 Å². The van der Waals surface area contributed by atoms with Crippen LogP contribution in [0.3, 0.4) is 0 Å². The van der Waals surface area contributed by atoms with Crippen LogP contribution in [-0.4, -0.2) is 0 Å². The zero-order valence-electron chi connectivity index (χ0n) is 26.9. The van der Waals surface area contributed by atoms with Gasteiger partial charge in [0.25, 0.3) is 0 Å². The van der Waals surface area contributed by atoms with Gasteiger partial charge in [0.1, 0.15) is 5.82 Å². The summed E-state index contributed by atoms with van der Waals surface area (Å²) in [6.07, 6.45) is 22.3. The molecular weight excluding hydrogens is 549 g/mol. The Morgan fingerprint density at radius 2 is 1.27 bits per heavy atom. The summed E-state index contributed by atoms with van der Waals surface area (Å²) in [7, 11) is 0. The Balaban J connectivity index is 1.17. The van der Waals surface area contributed by atoms with Gasteiger partial charge in [-0.2, -0.15) is 0 Å². The minimum absolute atomic E-state index is 0.212. The van der Waals surface area contributed by atoms with Crippen LogP contribution < -0.4 is 0 Å². The summed E-state index contributed by atoms with van der Waals surface area (Å²) in [5, 5.41) is 0. The van der Waals surface area contributed by atoms with Crippen LogP contribution in [0.2, 0.25) is 0 Å². The third kappa shape index (κ3) is 8.06. The molecule has 2 aliphatic rings. The number of unbranched alkanes of at least 4 members (excludes halogenated alkanes) is 3. The van der Waals surface area contributed by atoms with E-state index in [4.69, 9.17) is 0 Å². The molecule has 2 fully saturated rings. The van der Waals surface area contributed by atoms with Crippen molar-refractivity contribution in [2.45, 2.75) is 116 Å². The summed E-state index contributed by atoms with van der Waals surface area (Å²) in [5.41, 5.74) is 3.56. The Labute approximate surface area is 264 Å². The number of rotatable bonds is 12. The molecule has 2 saturated carbocycles. The van der Waals surface area contributed by atoms with Crippen LogP contribution in [0, 0.1) is 35.2 Å². The molecule has 0 heterocycles. The van der Waals surface area contributed by atoms with Crippen LogP contribution in [0.25, 0.3) is 22.3 Å². The monoisotopic (exact) mass is 600 g/mol. The highest BCUT2D eigenvalue weighted by atomic mass is 19.2. The highest BCUT2D eigenvalue weighted by Crippen LogP contribution is 2.45. The molecule has 2 aliphatic carbocycles. The number of hydrogen-bond donors (Lipinski definition) is 0. The Morgan fingerprint density at radius 3 is 1.91 bits per heavy atom. The standard InChI is InChI=1S/C41H51F3/c1-3-5-7-9-11-35-24-27-38(41(44)40(35)43)34-22-20-33(21-23-34)37-26-25-36(28-39(37)42)32-18-16-31(17-19-32)30-14-12-29(13-15-30)10-8-6-4-2/h7,9,20-32H,3-6,8,10-19H2,1-2H3. The van der Waals surface area contributed by atoms with Crippen molar-refractivity contribution >= 4 is 0 Å². The minimum atomic E-state index is -0.834. The second kappa shape index (κ2) is 16.0. The third-order valence-electron chi connectivity index (χ3n) is 10.6. The second-order valence-corrected chi connectivity index (χ2v) is 13.6. The van der Waals surface area contributed by atoms with Gasteiger partial charge in [-0.25, -0.2) is 13.2 Å². The van der Waals surface area contributed by atoms with Gasteiger partial charge in [0.05, 0.1) is 0 Å². The molecule has 3 aromatic rings. The van der Waals surface area contributed by atoms with Gasteiger partial charge in [-0.15, -0.1) is 0 Å². The molecule has 0 amide bonds. The van der Waals surface area contributed by atoms with E-state index in [1.54, 1.807) is 42.5 Å². The van der Waals surface area contributed by atoms with Crippen LogP contribution in [0.1, 0.15) is 121 Å². The van der Waals surface area contributed by atoms with Crippen molar-refractivity contribution in [2.24, 2.45) is 17.8 Å². The first kappa shape index (κ1) is 32.6. The van der Waals surface area contributed by atoms with Crippen molar-refractivity contribution in [3.63, 3.8) is 0 Å². The molecule has 0 saturated heterocycles. The highest BCUT2D eigenvalue weighted by Gasteiger charge is 2.31. The smallest absolute Gasteiger partial charge is 0.166 e. The zero-order valence-corrected chi connectivity index (χ0v) is 26.9. The van der Waals surface area contributed by atoms with Gasteiger partial charge >= 0.3 is 0 Å². The molecule has 0 aromatic heterocycles. The fourth-order valence-electron chi connectivity index (χ4n) is 7.87. The van der Waals surface area contributed by atoms with Gasteiger partial charge in [0, 0.05) is 11.1 Å². The molecule has 0 spiro atoms. The molecule has 0 aliphatic heterocycles. The first-order valence-corrected chi connectivity index (χ1v) is 17.5. The first-order chi connectivity index (χ1) is 21.5. The van der Waals surface area contributed by atoms with Crippen LogP contribution >= 0.6 is 0 Å². The fourth-order valence-corrected chi connectivity index (χ4v) is 7.87. The summed E-state index contributed by atoms with van der Waals surface area (Å²) in [4.78, 5) is 0. The molecule has 0 nitrogen and oxygen atoms in total. The van der Waals surface area contributed by atoms with Crippen LogP contribution in [0.15, 0.2) is 66.7 Å². The Morgan fingerprint density at radius 1 is 0.636 bits per heavy atom. The lowest BCUT2D eigenvalue weighted by molar-refractivity contribution is 0.155. The van der Waals surface area contributed by atoms with Gasteiger partial charge in [0.2, 0.25) is 0 Å².